The lowest BCUT2D eigenvalue weighted by molar-refractivity contribution is -0.137. The molecule has 1 N–H and O–H groups in total. The Balaban J connectivity index is 2.75. The molecule has 0 aromatic heterocycles. The van der Waals surface area contributed by atoms with Gasteiger partial charge in [0.25, 0.3) is 0 Å². The predicted octanol–water partition coefficient (Wildman–Crippen LogP) is 2.37. The van der Waals surface area contributed by atoms with Crippen LogP contribution in [0.2, 0.25) is 0 Å². The van der Waals surface area contributed by atoms with Gasteiger partial charge in [0.2, 0.25) is 5.91 Å². The zero-order valence-electron chi connectivity index (χ0n) is 9.82. The van der Waals surface area contributed by atoms with Gasteiger partial charge < -0.3 is 10.1 Å². The van der Waals surface area contributed by atoms with Crippen LogP contribution in [0.5, 0.6) is 0 Å². The lowest BCUT2D eigenvalue weighted by Gasteiger charge is -2.08. The monoisotopic (exact) mass is 273 g/mol. The van der Waals surface area contributed by atoms with Gasteiger partial charge in [0.1, 0.15) is 0 Å². The van der Waals surface area contributed by atoms with Crippen molar-refractivity contribution in [1.82, 2.24) is 0 Å². The summed E-state index contributed by atoms with van der Waals surface area (Å²) in [5.74, 6) is -1.47. The highest BCUT2D eigenvalue weighted by molar-refractivity contribution is 6.02. The molecule has 0 aliphatic heterocycles. The van der Waals surface area contributed by atoms with E-state index in [4.69, 9.17) is 0 Å². The maximum absolute atomic E-state index is 12.4. The molecule has 0 unspecified atom stereocenters. The van der Waals surface area contributed by atoms with Crippen LogP contribution in [0, 0.1) is 0 Å². The second kappa shape index (κ2) is 6.03. The molecule has 1 rings (SSSR count). The normalized spacial score (nSPS) is 11.4. The standard InChI is InChI=1S/C12H10F3NO3/c1-19-11(18)6-5-10(17)16-9-4-2-3-8(7-9)12(13,14)15/h2-7H,1H3,(H,16,17)/b6-5-. The van der Waals surface area contributed by atoms with Crippen molar-refractivity contribution in [2.24, 2.45) is 0 Å². The minimum Gasteiger partial charge on any atom is -0.466 e. The molecule has 1 amide bonds. The molecule has 0 atom stereocenters. The number of halogens is 3. The summed E-state index contributed by atoms with van der Waals surface area (Å²) in [6.45, 7) is 0. The Morgan fingerprint density at radius 3 is 2.53 bits per heavy atom. The smallest absolute Gasteiger partial charge is 0.416 e. The van der Waals surface area contributed by atoms with E-state index in [9.17, 15) is 22.8 Å². The molecular formula is C12H10F3NO3. The summed E-state index contributed by atoms with van der Waals surface area (Å²) in [4.78, 5) is 22.0. The first-order valence-electron chi connectivity index (χ1n) is 5.07. The van der Waals surface area contributed by atoms with Gasteiger partial charge in [0.15, 0.2) is 0 Å². The van der Waals surface area contributed by atoms with E-state index < -0.39 is 23.6 Å². The fraction of sp³-hybridized carbons (Fsp3) is 0.167. The molecule has 19 heavy (non-hydrogen) atoms. The summed E-state index contributed by atoms with van der Waals surface area (Å²) in [5.41, 5.74) is -0.892. The third-order valence-electron chi connectivity index (χ3n) is 2.03. The Morgan fingerprint density at radius 2 is 1.95 bits per heavy atom. The number of hydrogen-bond donors (Lipinski definition) is 1. The summed E-state index contributed by atoms with van der Waals surface area (Å²) in [5, 5.41) is 2.20. The largest absolute Gasteiger partial charge is 0.466 e. The van der Waals surface area contributed by atoms with E-state index in [1.165, 1.54) is 12.1 Å². The molecule has 0 bridgehead atoms. The van der Waals surface area contributed by atoms with Crippen molar-refractivity contribution in [1.29, 1.82) is 0 Å². The molecule has 0 saturated carbocycles. The van der Waals surface area contributed by atoms with E-state index in [0.717, 1.165) is 31.4 Å². The van der Waals surface area contributed by atoms with Crippen molar-refractivity contribution < 1.29 is 27.5 Å². The number of anilines is 1. The quantitative estimate of drug-likeness (QED) is 0.679. The number of nitrogens with one attached hydrogen (secondary N) is 1. The summed E-state index contributed by atoms with van der Waals surface area (Å²) in [6, 6.07) is 4.16. The number of esters is 1. The Kier molecular flexibility index (Phi) is 4.68. The predicted molar refractivity (Wildman–Crippen MR) is 61.2 cm³/mol. The number of benzene rings is 1. The molecule has 0 aliphatic carbocycles. The molecule has 0 radical (unpaired) electrons. The minimum absolute atomic E-state index is 0.0191. The van der Waals surface area contributed by atoms with Crippen molar-refractivity contribution >= 4 is 17.6 Å². The Bertz CT molecular complexity index is 509. The van der Waals surface area contributed by atoms with Crippen LogP contribution in [-0.4, -0.2) is 19.0 Å². The molecule has 1 aromatic carbocycles. The second-order valence-corrected chi connectivity index (χ2v) is 3.42. The SMILES string of the molecule is COC(=O)/C=C\C(=O)Nc1cccc(C(F)(F)F)c1. The summed E-state index contributed by atoms with van der Waals surface area (Å²) in [6.07, 6.45) is -2.75. The summed E-state index contributed by atoms with van der Waals surface area (Å²) in [7, 11) is 1.14. The van der Waals surface area contributed by atoms with Crippen molar-refractivity contribution in [3.05, 3.63) is 42.0 Å². The Morgan fingerprint density at radius 1 is 1.26 bits per heavy atom. The maximum Gasteiger partial charge on any atom is 0.416 e. The molecule has 0 spiro atoms. The molecule has 7 heteroatoms. The van der Waals surface area contributed by atoms with Crippen molar-refractivity contribution in [3.63, 3.8) is 0 Å². The number of amides is 1. The molecule has 1 aromatic rings. The van der Waals surface area contributed by atoms with Crippen LogP contribution in [0.4, 0.5) is 18.9 Å². The third-order valence-corrected chi connectivity index (χ3v) is 2.03. The average molecular weight is 273 g/mol. The van der Waals surface area contributed by atoms with Crippen LogP contribution in [0.1, 0.15) is 5.56 Å². The number of methoxy groups -OCH3 is 1. The van der Waals surface area contributed by atoms with Crippen LogP contribution < -0.4 is 5.32 Å². The highest BCUT2D eigenvalue weighted by Crippen LogP contribution is 2.30. The summed E-state index contributed by atoms with van der Waals surface area (Å²) >= 11 is 0. The zero-order chi connectivity index (χ0) is 14.5. The lowest BCUT2D eigenvalue weighted by atomic mass is 10.2. The molecule has 0 fully saturated rings. The lowest BCUT2D eigenvalue weighted by Crippen LogP contribution is -2.11. The fourth-order valence-corrected chi connectivity index (χ4v) is 1.17. The number of carbonyl (C=O) groups excluding carboxylic acids is 2. The van der Waals surface area contributed by atoms with E-state index in [1.54, 1.807) is 0 Å². The van der Waals surface area contributed by atoms with Crippen molar-refractivity contribution in [3.8, 4) is 0 Å². The van der Waals surface area contributed by atoms with Crippen LogP contribution in [-0.2, 0) is 20.5 Å². The topological polar surface area (TPSA) is 55.4 Å². The first kappa shape index (κ1) is 14.7. The highest BCUT2D eigenvalue weighted by Gasteiger charge is 2.30. The van der Waals surface area contributed by atoms with E-state index in [2.05, 4.69) is 10.1 Å². The van der Waals surface area contributed by atoms with Gasteiger partial charge in [-0.05, 0) is 18.2 Å². The molecule has 0 heterocycles. The number of ether oxygens (including phenoxy) is 1. The zero-order valence-corrected chi connectivity index (χ0v) is 9.82. The van der Waals surface area contributed by atoms with E-state index >= 15 is 0 Å². The van der Waals surface area contributed by atoms with Crippen LogP contribution >= 0.6 is 0 Å². The van der Waals surface area contributed by atoms with E-state index in [0.29, 0.717) is 0 Å². The van der Waals surface area contributed by atoms with Crippen LogP contribution in [0.3, 0.4) is 0 Å². The molecule has 0 aliphatic rings. The minimum atomic E-state index is -4.48. The van der Waals surface area contributed by atoms with Gasteiger partial charge in [-0.25, -0.2) is 4.79 Å². The number of alkyl halides is 3. The van der Waals surface area contributed by atoms with Gasteiger partial charge >= 0.3 is 12.1 Å². The van der Waals surface area contributed by atoms with Gasteiger partial charge in [0.05, 0.1) is 12.7 Å². The van der Waals surface area contributed by atoms with Gasteiger partial charge in [-0.3, -0.25) is 4.79 Å². The van der Waals surface area contributed by atoms with E-state index in [1.807, 2.05) is 0 Å². The van der Waals surface area contributed by atoms with Gasteiger partial charge in [-0.15, -0.1) is 0 Å². The highest BCUT2D eigenvalue weighted by atomic mass is 19.4. The van der Waals surface area contributed by atoms with Crippen molar-refractivity contribution in [2.75, 3.05) is 12.4 Å². The molecule has 0 saturated heterocycles. The van der Waals surface area contributed by atoms with E-state index in [-0.39, 0.29) is 5.69 Å². The first-order valence-corrected chi connectivity index (χ1v) is 5.07. The molecule has 102 valence electrons. The Hall–Kier alpha value is -2.31. The van der Waals surface area contributed by atoms with Gasteiger partial charge in [-0.1, -0.05) is 6.07 Å². The number of rotatable bonds is 3. The van der Waals surface area contributed by atoms with Crippen LogP contribution in [0.25, 0.3) is 0 Å². The van der Waals surface area contributed by atoms with Gasteiger partial charge in [-0.2, -0.15) is 13.2 Å². The Labute approximate surface area is 106 Å². The van der Waals surface area contributed by atoms with Gasteiger partial charge in [0, 0.05) is 17.8 Å². The second-order valence-electron chi connectivity index (χ2n) is 3.42. The first-order chi connectivity index (χ1) is 8.82. The average Bonchev–Trinajstić information content (AvgIpc) is 2.35. The third kappa shape index (κ3) is 4.82. The fourth-order valence-electron chi connectivity index (χ4n) is 1.17. The number of carbonyl (C=O) groups is 2. The maximum atomic E-state index is 12.4. The molecular weight excluding hydrogens is 263 g/mol. The molecule has 4 nitrogen and oxygen atoms in total. The summed E-state index contributed by atoms with van der Waals surface area (Å²) < 4.78 is 41.5. The van der Waals surface area contributed by atoms with Crippen molar-refractivity contribution in [2.45, 2.75) is 6.18 Å². The van der Waals surface area contributed by atoms with Crippen LogP contribution in [0.15, 0.2) is 36.4 Å². The number of hydrogen-bond acceptors (Lipinski definition) is 3.